The number of halogens is 3. The van der Waals surface area contributed by atoms with Gasteiger partial charge in [-0.05, 0) is 53.0 Å². The number of benzene rings is 1. The number of carboxylic acids is 1. The van der Waals surface area contributed by atoms with E-state index < -0.39 is 23.3 Å². The maximum absolute atomic E-state index is 14.0. The monoisotopic (exact) mass is 356 g/mol. The van der Waals surface area contributed by atoms with E-state index in [4.69, 9.17) is 5.11 Å². The molecule has 2 rings (SSSR count). The minimum absolute atomic E-state index is 0.0774. The van der Waals surface area contributed by atoms with Crippen LogP contribution in [-0.2, 0) is 0 Å². The van der Waals surface area contributed by atoms with Crippen molar-refractivity contribution in [2.24, 2.45) is 0 Å². The fraction of sp³-hybridized carbons (Fsp3) is 0.143. The Kier molecular flexibility index (Phi) is 4.22. The Morgan fingerprint density at radius 1 is 1.29 bits per heavy atom. The molecule has 2 aromatic rings. The maximum Gasteiger partial charge on any atom is 0.337 e. The fourth-order valence-corrected chi connectivity index (χ4v) is 2.35. The van der Waals surface area contributed by atoms with Crippen LogP contribution in [0.3, 0.4) is 0 Å². The highest BCUT2D eigenvalue weighted by molar-refractivity contribution is 9.10. The van der Waals surface area contributed by atoms with E-state index in [-0.39, 0.29) is 16.9 Å². The van der Waals surface area contributed by atoms with Crippen molar-refractivity contribution in [3.8, 4) is 0 Å². The molecule has 1 aromatic carbocycles. The van der Waals surface area contributed by atoms with Crippen LogP contribution < -0.4 is 5.32 Å². The van der Waals surface area contributed by atoms with Gasteiger partial charge in [0.2, 0.25) is 0 Å². The van der Waals surface area contributed by atoms with Gasteiger partial charge in [0.1, 0.15) is 5.82 Å². The van der Waals surface area contributed by atoms with E-state index in [0.717, 1.165) is 11.6 Å². The van der Waals surface area contributed by atoms with Crippen molar-refractivity contribution in [2.75, 3.05) is 5.32 Å². The zero-order valence-electron chi connectivity index (χ0n) is 11.2. The highest BCUT2D eigenvalue weighted by Gasteiger charge is 2.21. The van der Waals surface area contributed by atoms with Crippen LogP contribution in [0.5, 0.6) is 0 Å². The molecule has 1 aromatic heterocycles. The molecule has 0 saturated heterocycles. The summed E-state index contributed by atoms with van der Waals surface area (Å²) in [6.07, 6.45) is 1.52. The zero-order valence-corrected chi connectivity index (χ0v) is 12.8. The van der Waals surface area contributed by atoms with Crippen LogP contribution in [0.4, 0.5) is 20.3 Å². The van der Waals surface area contributed by atoms with E-state index in [1.54, 1.807) is 6.07 Å². The number of rotatable bonds is 3. The molecule has 1 heterocycles. The Morgan fingerprint density at radius 3 is 2.52 bits per heavy atom. The van der Waals surface area contributed by atoms with Gasteiger partial charge in [-0.25, -0.2) is 18.6 Å². The standard InChI is InChI=1S/C14H11BrF2N2O2/c1-6-3-9(15)13(18-5-6)19-12-8(14(20)21)4-7(2)10(16)11(12)17/h3-5H,1-2H3,(H,18,19)(H,20,21). The third-order valence-corrected chi connectivity index (χ3v) is 3.44. The molecule has 0 saturated carbocycles. The quantitative estimate of drug-likeness (QED) is 0.865. The van der Waals surface area contributed by atoms with Crippen LogP contribution >= 0.6 is 15.9 Å². The summed E-state index contributed by atoms with van der Waals surface area (Å²) in [6, 6.07) is 2.80. The average Bonchev–Trinajstić information content (AvgIpc) is 2.41. The number of aryl methyl sites for hydroxylation is 2. The summed E-state index contributed by atoms with van der Waals surface area (Å²) < 4.78 is 28.2. The number of carboxylic acid groups (broad SMARTS) is 1. The van der Waals surface area contributed by atoms with Crippen LogP contribution in [0.15, 0.2) is 22.8 Å². The molecule has 2 N–H and O–H groups in total. The Hall–Kier alpha value is -2.02. The van der Waals surface area contributed by atoms with Gasteiger partial charge in [-0.1, -0.05) is 0 Å². The number of hydrogen-bond acceptors (Lipinski definition) is 3. The normalized spacial score (nSPS) is 10.5. The minimum atomic E-state index is -1.36. The van der Waals surface area contributed by atoms with E-state index in [2.05, 4.69) is 26.2 Å². The molecule has 7 heteroatoms. The van der Waals surface area contributed by atoms with Gasteiger partial charge >= 0.3 is 5.97 Å². The Labute approximate surface area is 128 Å². The molecule has 0 fully saturated rings. The lowest BCUT2D eigenvalue weighted by molar-refractivity contribution is 0.0697. The summed E-state index contributed by atoms with van der Waals surface area (Å²) in [6.45, 7) is 3.12. The molecule has 0 bridgehead atoms. The van der Waals surface area contributed by atoms with Gasteiger partial charge in [-0.3, -0.25) is 0 Å². The molecule has 4 nitrogen and oxygen atoms in total. The summed E-state index contributed by atoms with van der Waals surface area (Å²) in [5, 5.41) is 11.7. The predicted molar refractivity (Wildman–Crippen MR) is 78.0 cm³/mol. The first-order valence-corrected chi connectivity index (χ1v) is 6.71. The Morgan fingerprint density at radius 2 is 1.95 bits per heavy atom. The second-order valence-corrected chi connectivity index (χ2v) is 5.37. The number of carbonyl (C=O) groups is 1. The van der Waals surface area contributed by atoms with E-state index >= 15 is 0 Å². The van der Waals surface area contributed by atoms with Crippen molar-refractivity contribution < 1.29 is 18.7 Å². The van der Waals surface area contributed by atoms with Crippen LogP contribution in [0.2, 0.25) is 0 Å². The largest absolute Gasteiger partial charge is 0.478 e. The van der Waals surface area contributed by atoms with Crippen molar-refractivity contribution >= 4 is 33.4 Å². The Balaban J connectivity index is 2.57. The third-order valence-electron chi connectivity index (χ3n) is 2.84. The molecular formula is C14H11BrF2N2O2. The van der Waals surface area contributed by atoms with Crippen LogP contribution in [0, 0.1) is 25.5 Å². The number of aromatic carboxylic acids is 1. The van der Waals surface area contributed by atoms with Gasteiger partial charge in [0, 0.05) is 6.20 Å². The molecule has 21 heavy (non-hydrogen) atoms. The summed E-state index contributed by atoms with van der Waals surface area (Å²) in [4.78, 5) is 15.2. The van der Waals surface area contributed by atoms with Gasteiger partial charge in [-0.15, -0.1) is 0 Å². The van der Waals surface area contributed by atoms with E-state index in [1.807, 2.05) is 6.92 Å². The second kappa shape index (κ2) is 5.77. The summed E-state index contributed by atoms with van der Waals surface area (Å²) in [5.41, 5.74) is -0.0313. The lowest BCUT2D eigenvalue weighted by Crippen LogP contribution is -2.09. The molecule has 110 valence electrons. The first kappa shape index (κ1) is 15.4. The number of nitrogens with zero attached hydrogens (tertiary/aromatic N) is 1. The smallest absolute Gasteiger partial charge is 0.337 e. The number of aromatic nitrogens is 1. The van der Waals surface area contributed by atoms with Gasteiger partial charge in [0.15, 0.2) is 11.6 Å². The average molecular weight is 357 g/mol. The van der Waals surface area contributed by atoms with Crippen LogP contribution in [0.25, 0.3) is 0 Å². The van der Waals surface area contributed by atoms with Crippen molar-refractivity contribution in [1.29, 1.82) is 0 Å². The molecule has 0 aliphatic carbocycles. The van der Waals surface area contributed by atoms with Gasteiger partial charge < -0.3 is 10.4 Å². The van der Waals surface area contributed by atoms with Gasteiger partial charge in [-0.2, -0.15) is 0 Å². The topological polar surface area (TPSA) is 62.2 Å². The summed E-state index contributed by atoms with van der Waals surface area (Å²) in [7, 11) is 0. The SMILES string of the molecule is Cc1cnc(Nc2c(C(=O)O)cc(C)c(F)c2F)c(Br)c1. The van der Waals surface area contributed by atoms with Crippen molar-refractivity contribution in [1.82, 2.24) is 4.98 Å². The molecule has 0 aliphatic rings. The lowest BCUT2D eigenvalue weighted by Gasteiger charge is -2.13. The molecule has 0 radical (unpaired) electrons. The van der Waals surface area contributed by atoms with Gasteiger partial charge in [0.25, 0.3) is 0 Å². The number of pyridine rings is 1. The highest BCUT2D eigenvalue weighted by Crippen LogP contribution is 2.31. The summed E-state index contributed by atoms with van der Waals surface area (Å²) >= 11 is 3.24. The number of nitrogens with one attached hydrogen (secondary N) is 1. The number of hydrogen-bond donors (Lipinski definition) is 2. The van der Waals surface area contributed by atoms with Crippen molar-refractivity contribution in [3.63, 3.8) is 0 Å². The molecule has 0 atom stereocenters. The molecule has 0 unspecified atom stereocenters. The number of anilines is 2. The van der Waals surface area contributed by atoms with Crippen LogP contribution in [0.1, 0.15) is 21.5 Å². The van der Waals surface area contributed by atoms with E-state index in [0.29, 0.717) is 4.47 Å². The third kappa shape index (κ3) is 3.02. The highest BCUT2D eigenvalue weighted by atomic mass is 79.9. The van der Waals surface area contributed by atoms with E-state index in [9.17, 15) is 13.6 Å². The lowest BCUT2D eigenvalue weighted by atomic mass is 10.1. The Bertz CT molecular complexity index is 735. The molecular weight excluding hydrogens is 346 g/mol. The fourth-order valence-electron chi connectivity index (χ4n) is 1.79. The summed E-state index contributed by atoms with van der Waals surface area (Å²) in [5.74, 6) is -3.50. The van der Waals surface area contributed by atoms with Crippen LogP contribution in [-0.4, -0.2) is 16.1 Å². The first-order chi connectivity index (χ1) is 9.81. The molecule has 0 spiro atoms. The van der Waals surface area contributed by atoms with Crippen molar-refractivity contribution in [3.05, 3.63) is 51.1 Å². The molecule has 0 aliphatic heterocycles. The van der Waals surface area contributed by atoms with Crippen molar-refractivity contribution in [2.45, 2.75) is 13.8 Å². The second-order valence-electron chi connectivity index (χ2n) is 4.52. The molecule has 0 amide bonds. The minimum Gasteiger partial charge on any atom is -0.478 e. The maximum atomic E-state index is 14.0. The van der Waals surface area contributed by atoms with E-state index in [1.165, 1.54) is 13.1 Å². The predicted octanol–water partition coefficient (Wildman–Crippen LogP) is 4.18. The zero-order chi connectivity index (χ0) is 15.7. The van der Waals surface area contributed by atoms with Gasteiger partial charge in [0.05, 0.1) is 15.7 Å². The first-order valence-electron chi connectivity index (χ1n) is 5.92.